The van der Waals surface area contributed by atoms with Crippen molar-refractivity contribution < 1.29 is 0 Å². The van der Waals surface area contributed by atoms with Gasteiger partial charge in [0, 0.05) is 0 Å². The molecule has 0 aromatic carbocycles. The van der Waals surface area contributed by atoms with Gasteiger partial charge in [0.05, 0.1) is 0 Å². The van der Waals surface area contributed by atoms with Crippen molar-refractivity contribution >= 4 is 0 Å². The van der Waals surface area contributed by atoms with Crippen LogP contribution in [0.15, 0.2) is 12.2 Å². The van der Waals surface area contributed by atoms with Gasteiger partial charge in [-0.05, 0) is 51.6 Å². The summed E-state index contributed by atoms with van der Waals surface area (Å²) in [5, 5.41) is 0. The van der Waals surface area contributed by atoms with E-state index in [-0.39, 0.29) is 0 Å². The minimum atomic E-state index is 0.836. The van der Waals surface area contributed by atoms with Gasteiger partial charge in [-0.3, -0.25) is 0 Å². The Labute approximate surface area is 88.7 Å². The van der Waals surface area contributed by atoms with Crippen LogP contribution in [0.25, 0.3) is 0 Å². The Hall–Kier alpha value is -0.340. The Bertz CT molecular complexity index is 107. The predicted octanol–water partition coefficient (Wildman–Crippen LogP) is 2.58. The Balaban J connectivity index is 2.96. The minimum absolute atomic E-state index is 0.836. The number of hydrogen-bond acceptors (Lipinski definition) is 2. The van der Waals surface area contributed by atoms with E-state index in [0.717, 1.165) is 13.1 Å². The summed E-state index contributed by atoms with van der Waals surface area (Å²) in [5.74, 6) is 0. The number of nitrogens with two attached hydrogens (primary N) is 2. The first-order valence-electron chi connectivity index (χ1n) is 5.97. The quantitative estimate of drug-likeness (QED) is 0.419. The predicted molar refractivity (Wildman–Crippen MR) is 64.2 cm³/mol. The van der Waals surface area contributed by atoms with Crippen molar-refractivity contribution in [2.45, 2.75) is 51.4 Å². The van der Waals surface area contributed by atoms with E-state index in [4.69, 9.17) is 11.5 Å². The van der Waals surface area contributed by atoms with Crippen LogP contribution in [0.2, 0.25) is 0 Å². The van der Waals surface area contributed by atoms with Crippen molar-refractivity contribution in [2.75, 3.05) is 13.1 Å². The lowest BCUT2D eigenvalue weighted by Gasteiger charge is -1.95. The number of unbranched alkanes of at least 4 members (excludes halogenated alkanes) is 6. The average molecular weight is 198 g/mol. The van der Waals surface area contributed by atoms with E-state index < -0.39 is 0 Å². The van der Waals surface area contributed by atoms with E-state index >= 15 is 0 Å². The molecule has 0 spiro atoms. The molecular weight excluding hydrogens is 172 g/mol. The summed E-state index contributed by atoms with van der Waals surface area (Å²) in [5.41, 5.74) is 10.8. The molecule has 0 fully saturated rings. The van der Waals surface area contributed by atoms with Crippen LogP contribution < -0.4 is 11.5 Å². The molecule has 0 unspecified atom stereocenters. The van der Waals surface area contributed by atoms with Crippen molar-refractivity contribution in [1.82, 2.24) is 0 Å². The van der Waals surface area contributed by atoms with E-state index in [1.165, 1.54) is 51.4 Å². The smallest absolute Gasteiger partial charge is 0.00773 e. The molecule has 0 aromatic rings. The van der Waals surface area contributed by atoms with Gasteiger partial charge in [-0.25, -0.2) is 0 Å². The lowest BCUT2D eigenvalue weighted by atomic mass is 10.1. The first-order chi connectivity index (χ1) is 6.91. The molecule has 0 saturated heterocycles. The fraction of sp³-hybridized carbons (Fsp3) is 0.833. The lowest BCUT2D eigenvalue weighted by Crippen LogP contribution is -1.97. The van der Waals surface area contributed by atoms with Gasteiger partial charge in [0.2, 0.25) is 0 Å². The third-order valence-corrected chi connectivity index (χ3v) is 2.32. The number of rotatable bonds is 10. The summed E-state index contributed by atoms with van der Waals surface area (Å²) in [4.78, 5) is 0. The average Bonchev–Trinajstić information content (AvgIpc) is 2.21. The SMILES string of the molecule is NCCCCC/C=C/CCCCCN. The maximum absolute atomic E-state index is 5.41. The van der Waals surface area contributed by atoms with Crippen LogP contribution in [0.1, 0.15) is 51.4 Å². The Kier molecular flexibility index (Phi) is 12.4. The molecule has 0 aliphatic heterocycles. The van der Waals surface area contributed by atoms with Gasteiger partial charge < -0.3 is 11.5 Å². The molecule has 4 N–H and O–H groups in total. The van der Waals surface area contributed by atoms with E-state index in [1.807, 2.05) is 0 Å². The summed E-state index contributed by atoms with van der Waals surface area (Å²) < 4.78 is 0. The van der Waals surface area contributed by atoms with Gasteiger partial charge in [0.15, 0.2) is 0 Å². The second-order valence-electron chi connectivity index (χ2n) is 3.75. The van der Waals surface area contributed by atoms with Gasteiger partial charge in [-0.2, -0.15) is 0 Å². The molecule has 2 nitrogen and oxygen atoms in total. The summed E-state index contributed by atoms with van der Waals surface area (Å²) in [7, 11) is 0. The van der Waals surface area contributed by atoms with Gasteiger partial charge in [0.1, 0.15) is 0 Å². The van der Waals surface area contributed by atoms with Crippen molar-refractivity contribution in [1.29, 1.82) is 0 Å². The highest BCUT2D eigenvalue weighted by Crippen LogP contribution is 2.03. The maximum Gasteiger partial charge on any atom is -0.00773 e. The minimum Gasteiger partial charge on any atom is -0.330 e. The topological polar surface area (TPSA) is 52.0 Å². The highest BCUT2D eigenvalue weighted by atomic mass is 14.5. The molecule has 0 amide bonds. The highest BCUT2D eigenvalue weighted by molar-refractivity contribution is 4.81. The van der Waals surface area contributed by atoms with Crippen LogP contribution in [0.4, 0.5) is 0 Å². The number of hydrogen-bond donors (Lipinski definition) is 2. The standard InChI is InChI=1S/C12H26N2/c13-11-9-7-5-3-1-2-4-6-8-10-12-14/h1-2H,3-14H2/b2-1+. The van der Waals surface area contributed by atoms with Crippen molar-refractivity contribution in [3.05, 3.63) is 12.2 Å². The molecule has 2 heteroatoms. The van der Waals surface area contributed by atoms with Crippen LogP contribution in [-0.4, -0.2) is 13.1 Å². The molecule has 0 aromatic heterocycles. The van der Waals surface area contributed by atoms with E-state index in [9.17, 15) is 0 Å². The van der Waals surface area contributed by atoms with Crippen LogP contribution >= 0.6 is 0 Å². The van der Waals surface area contributed by atoms with Gasteiger partial charge in [-0.1, -0.05) is 25.0 Å². The molecule has 0 atom stereocenters. The third kappa shape index (κ3) is 11.7. The first-order valence-corrected chi connectivity index (χ1v) is 5.97. The van der Waals surface area contributed by atoms with E-state index in [0.29, 0.717) is 0 Å². The van der Waals surface area contributed by atoms with E-state index in [2.05, 4.69) is 12.2 Å². The molecule has 0 bridgehead atoms. The molecule has 0 radical (unpaired) electrons. The monoisotopic (exact) mass is 198 g/mol. The highest BCUT2D eigenvalue weighted by Gasteiger charge is 1.86. The third-order valence-electron chi connectivity index (χ3n) is 2.32. The molecule has 0 heterocycles. The van der Waals surface area contributed by atoms with Gasteiger partial charge in [0.25, 0.3) is 0 Å². The van der Waals surface area contributed by atoms with Crippen molar-refractivity contribution in [2.24, 2.45) is 11.5 Å². The molecule has 84 valence electrons. The van der Waals surface area contributed by atoms with Gasteiger partial charge >= 0.3 is 0 Å². The Morgan fingerprint density at radius 3 is 1.36 bits per heavy atom. The second kappa shape index (κ2) is 12.7. The van der Waals surface area contributed by atoms with Crippen molar-refractivity contribution in [3.8, 4) is 0 Å². The van der Waals surface area contributed by atoms with E-state index in [1.54, 1.807) is 0 Å². The molecular formula is C12H26N2. The fourth-order valence-corrected chi connectivity index (χ4v) is 1.40. The van der Waals surface area contributed by atoms with Gasteiger partial charge in [-0.15, -0.1) is 0 Å². The zero-order valence-corrected chi connectivity index (χ0v) is 9.38. The normalized spacial score (nSPS) is 11.3. The Morgan fingerprint density at radius 2 is 1.00 bits per heavy atom. The summed E-state index contributed by atoms with van der Waals surface area (Å²) in [6.07, 6.45) is 14.5. The van der Waals surface area contributed by atoms with Crippen LogP contribution in [-0.2, 0) is 0 Å². The van der Waals surface area contributed by atoms with Crippen LogP contribution in [0.5, 0.6) is 0 Å². The fourth-order valence-electron chi connectivity index (χ4n) is 1.40. The molecule has 0 aliphatic rings. The lowest BCUT2D eigenvalue weighted by molar-refractivity contribution is 0.685. The number of allylic oxidation sites excluding steroid dienone is 2. The molecule has 14 heavy (non-hydrogen) atoms. The zero-order valence-electron chi connectivity index (χ0n) is 9.38. The molecule has 0 rings (SSSR count). The first kappa shape index (κ1) is 13.7. The maximum atomic E-state index is 5.41. The largest absolute Gasteiger partial charge is 0.330 e. The van der Waals surface area contributed by atoms with Crippen LogP contribution in [0, 0.1) is 0 Å². The van der Waals surface area contributed by atoms with Crippen molar-refractivity contribution in [3.63, 3.8) is 0 Å². The second-order valence-corrected chi connectivity index (χ2v) is 3.75. The summed E-state index contributed by atoms with van der Waals surface area (Å²) in [6.45, 7) is 1.67. The Morgan fingerprint density at radius 1 is 0.571 bits per heavy atom. The van der Waals surface area contributed by atoms with Crippen LogP contribution in [0.3, 0.4) is 0 Å². The zero-order chi connectivity index (χ0) is 10.5. The summed E-state index contributed by atoms with van der Waals surface area (Å²) in [6, 6.07) is 0. The summed E-state index contributed by atoms with van der Waals surface area (Å²) >= 11 is 0. The molecule has 0 aliphatic carbocycles. The molecule has 0 saturated carbocycles.